The molecule has 3 heteroatoms. The lowest BCUT2D eigenvalue weighted by atomic mass is 9.90. The highest BCUT2D eigenvalue weighted by atomic mass is 79.9. The first-order valence-corrected chi connectivity index (χ1v) is 6.17. The lowest BCUT2D eigenvalue weighted by Crippen LogP contribution is -2.20. The largest absolute Gasteiger partial charge is 0.248 e. The van der Waals surface area contributed by atoms with Crippen molar-refractivity contribution in [1.82, 2.24) is 0 Å². The summed E-state index contributed by atoms with van der Waals surface area (Å²) in [5.74, 6) is -2.45. The molecule has 2 rings (SSSR count). The molecule has 1 saturated carbocycles. The molecule has 16 heavy (non-hydrogen) atoms. The van der Waals surface area contributed by atoms with Crippen LogP contribution in [0.2, 0.25) is 0 Å². The predicted molar refractivity (Wildman–Crippen MR) is 65.5 cm³/mol. The molecule has 0 radical (unpaired) electrons. The molecule has 1 aliphatic carbocycles. The van der Waals surface area contributed by atoms with Crippen LogP contribution in [0.3, 0.4) is 0 Å². The van der Waals surface area contributed by atoms with Crippen molar-refractivity contribution < 1.29 is 8.78 Å². The third-order valence-corrected chi connectivity index (χ3v) is 3.34. The molecule has 0 bridgehead atoms. The summed E-state index contributed by atoms with van der Waals surface area (Å²) in [6, 6.07) is 7.90. The highest BCUT2D eigenvalue weighted by molar-refractivity contribution is 9.10. The summed E-state index contributed by atoms with van der Waals surface area (Å²) in [7, 11) is 0. The molecule has 0 spiro atoms. The highest BCUT2D eigenvalue weighted by Crippen LogP contribution is 2.36. The van der Waals surface area contributed by atoms with Crippen LogP contribution in [0.25, 0.3) is 6.08 Å². The molecule has 0 unspecified atom stereocenters. The van der Waals surface area contributed by atoms with E-state index in [0.29, 0.717) is 12.8 Å². The number of halogens is 3. The zero-order valence-corrected chi connectivity index (χ0v) is 10.4. The van der Waals surface area contributed by atoms with E-state index in [1.807, 2.05) is 30.3 Å². The average Bonchev–Trinajstić information content (AvgIpc) is 2.21. The summed E-state index contributed by atoms with van der Waals surface area (Å²) in [6.45, 7) is 0. The first-order chi connectivity index (χ1) is 7.55. The van der Waals surface area contributed by atoms with E-state index in [1.54, 1.807) is 0 Å². The van der Waals surface area contributed by atoms with Crippen molar-refractivity contribution in [2.24, 2.45) is 0 Å². The molecule has 0 atom stereocenters. The van der Waals surface area contributed by atoms with Crippen molar-refractivity contribution in [3.8, 4) is 0 Å². The summed E-state index contributed by atoms with van der Waals surface area (Å²) in [4.78, 5) is 0. The second-order valence-electron chi connectivity index (χ2n) is 4.21. The Morgan fingerprint density at radius 2 is 1.88 bits per heavy atom. The predicted octanol–water partition coefficient (Wildman–Crippen LogP) is 5.04. The summed E-state index contributed by atoms with van der Waals surface area (Å²) >= 11 is 3.40. The number of alkyl halides is 2. The van der Waals surface area contributed by atoms with Crippen LogP contribution in [-0.4, -0.2) is 5.92 Å². The van der Waals surface area contributed by atoms with Crippen LogP contribution in [0, 0.1) is 0 Å². The normalized spacial score (nSPS) is 19.6. The quantitative estimate of drug-likeness (QED) is 0.678. The fraction of sp³-hybridized carbons (Fsp3) is 0.385. The van der Waals surface area contributed by atoms with Gasteiger partial charge in [0.05, 0.1) is 0 Å². The van der Waals surface area contributed by atoms with Crippen molar-refractivity contribution in [3.05, 3.63) is 39.9 Å². The molecule has 0 saturated heterocycles. The van der Waals surface area contributed by atoms with Gasteiger partial charge in [-0.25, -0.2) is 8.78 Å². The van der Waals surface area contributed by atoms with Gasteiger partial charge in [0.1, 0.15) is 0 Å². The van der Waals surface area contributed by atoms with E-state index in [-0.39, 0.29) is 12.8 Å². The Morgan fingerprint density at radius 3 is 2.50 bits per heavy atom. The third-order valence-electron chi connectivity index (χ3n) is 2.84. The van der Waals surface area contributed by atoms with Gasteiger partial charge in [0.2, 0.25) is 5.92 Å². The van der Waals surface area contributed by atoms with Gasteiger partial charge in [0.15, 0.2) is 0 Å². The standard InChI is InChI=1S/C13H13BrF2/c14-12-3-1-2-11(9-12)8-10-4-6-13(15,16)7-5-10/h1-3,8-9H,4-7H2. The number of allylic oxidation sites excluding steroid dienone is 1. The highest BCUT2D eigenvalue weighted by Gasteiger charge is 2.32. The van der Waals surface area contributed by atoms with Gasteiger partial charge < -0.3 is 0 Å². The fourth-order valence-electron chi connectivity index (χ4n) is 1.91. The second kappa shape index (κ2) is 4.66. The van der Waals surface area contributed by atoms with Gasteiger partial charge in [0, 0.05) is 17.3 Å². The Balaban J connectivity index is 2.09. The summed E-state index contributed by atoms with van der Waals surface area (Å²) in [6.07, 6.45) is 3.04. The number of hydrogen-bond acceptors (Lipinski definition) is 0. The zero-order valence-electron chi connectivity index (χ0n) is 8.85. The molecule has 0 aromatic heterocycles. The van der Waals surface area contributed by atoms with Gasteiger partial charge in [0.25, 0.3) is 0 Å². The van der Waals surface area contributed by atoms with Gasteiger partial charge in [-0.1, -0.05) is 39.7 Å². The van der Waals surface area contributed by atoms with Crippen LogP contribution in [0.15, 0.2) is 34.3 Å². The molecule has 1 aliphatic rings. The molecule has 0 nitrogen and oxygen atoms in total. The first kappa shape index (κ1) is 11.8. The zero-order chi connectivity index (χ0) is 11.6. The van der Waals surface area contributed by atoms with Gasteiger partial charge in [-0.2, -0.15) is 0 Å². The van der Waals surface area contributed by atoms with Crippen LogP contribution in [0.5, 0.6) is 0 Å². The monoisotopic (exact) mass is 286 g/mol. The van der Waals surface area contributed by atoms with Gasteiger partial charge in [-0.3, -0.25) is 0 Å². The van der Waals surface area contributed by atoms with E-state index < -0.39 is 5.92 Å². The molecule has 0 heterocycles. The Bertz CT molecular complexity index is 398. The van der Waals surface area contributed by atoms with Crippen molar-refractivity contribution in [1.29, 1.82) is 0 Å². The molecule has 86 valence electrons. The second-order valence-corrected chi connectivity index (χ2v) is 5.13. The Hall–Kier alpha value is -0.700. The molecular weight excluding hydrogens is 274 g/mol. The lowest BCUT2D eigenvalue weighted by Gasteiger charge is -2.23. The molecule has 0 aliphatic heterocycles. The van der Waals surface area contributed by atoms with Crippen LogP contribution in [-0.2, 0) is 0 Å². The van der Waals surface area contributed by atoms with E-state index in [4.69, 9.17) is 0 Å². The Kier molecular flexibility index (Phi) is 3.43. The van der Waals surface area contributed by atoms with Crippen molar-refractivity contribution in [3.63, 3.8) is 0 Å². The SMILES string of the molecule is FC1(F)CCC(=Cc2cccc(Br)c2)CC1. The van der Waals surface area contributed by atoms with Gasteiger partial charge in [-0.05, 0) is 30.5 Å². The van der Waals surface area contributed by atoms with Crippen molar-refractivity contribution in [2.75, 3.05) is 0 Å². The third kappa shape index (κ3) is 3.14. The molecular formula is C13H13BrF2. The maximum atomic E-state index is 12.9. The summed E-state index contributed by atoms with van der Waals surface area (Å²) in [5.41, 5.74) is 2.21. The van der Waals surface area contributed by atoms with Gasteiger partial charge in [-0.15, -0.1) is 0 Å². The molecule has 0 amide bonds. The molecule has 1 fully saturated rings. The number of rotatable bonds is 1. The lowest BCUT2D eigenvalue weighted by molar-refractivity contribution is -0.0243. The number of hydrogen-bond donors (Lipinski definition) is 0. The van der Waals surface area contributed by atoms with E-state index in [9.17, 15) is 8.78 Å². The first-order valence-electron chi connectivity index (χ1n) is 5.38. The maximum Gasteiger partial charge on any atom is 0.248 e. The van der Waals surface area contributed by atoms with E-state index in [2.05, 4.69) is 15.9 Å². The van der Waals surface area contributed by atoms with Crippen molar-refractivity contribution >= 4 is 22.0 Å². The van der Waals surface area contributed by atoms with E-state index in [0.717, 1.165) is 15.6 Å². The minimum atomic E-state index is -2.45. The van der Waals surface area contributed by atoms with Crippen LogP contribution >= 0.6 is 15.9 Å². The van der Waals surface area contributed by atoms with Gasteiger partial charge >= 0.3 is 0 Å². The van der Waals surface area contributed by atoms with E-state index >= 15 is 0 Å². The minimum absolute atomic E-state index is 0.00711. The van der Waals surface area contributed by atoms with Crippen molar-refractivity contribution in [2.45, 2.75) is 31.6 Å². The van der Waals surface area contributed by atoms with E-state index in [1.165, 1.54) is 0 Å². The molecule has 1 aromatic rings. The molecule has 1 aromatic carbocycles. The van der Waals surface area contributed by atoms with Crippen LogP contribution < -0.4 is 0 Å². The number of benzene rings is 1. The molecule has 0 N–H and O–H groups in total. The average molecular weight is 287 g/mol. The summed E-state index contributed by atoms with van der Waals surface area (Å²) < 4.78 is 26.9. The fourth-order valence-corrected chi connectivity index (χ4v) is 2.33. The topological polar surface area (TPSA) is 0 Å². The Morgan fingerprint density at radius 1 is 1.19 bits per heavy atom. The smallest absolute Gasteiger partial charge is 0.207 e. The Labute approximate surface area is 102 Å². The maximum absolute atomic E-state index is 12.9. The van der Waals surface area contributed by atoms with Crippen LogP contribution in [0.1, 0.15) is 31.2 Å². The summed E-state index contributed by atoms with van der Waals surface area (Å²) in [5, 5.41) is 0. The minimum Gasteiger partial charge on any atom is -0.207 e. The van der Waals surface area contributed by atoms with Crippen LogP contribution in [0.4, 0.5) is 8.78 Å².